The second-order valence-electron chi connectivity index (χ2n) is 5.41. The first-order valence-corrected chi connectivity index (χ1v) is 7.38. The molecule has 0 saturated heterocycles. The lowest BCUT2D eigenvalue weighted by molar-refractivity contribution is -0.384. The smallest absolute Gasteiger partial charge is 0.329 e. The minimum absolute atomic E-state index is 0.124. The molecule has 1 aromatic carbocycles. The van der Waals surface area contributed by atoms with Crippen molar-refractivity contribution in [1.82, 2.24) is 9.97 Å². The summed E-state index contributed by atoms with van der Waals surface area (Å²) < 4.78 is 12.8. The van der Waals surface area contributed by atoms with Gasteiger partial charge in [0, 0.05) is 12.6 Å². The summed E-state index contributed by atoms with van der Waals surface area (Å²) in [5.41, 5.74) is 0.859. The zero-order chi connectivity index (χ0) is 16.2. The number of hydrogen-bond donors (Lipinski definition) is 2. The van der Waals surface area contributed by atoms with Crippen molar-refractivity contribution in [3.05, 3.63) is 52.0 Å². The quantitative estimate of drug-likeness (QED) is 0.602. The Labute approximate surface area is 132 Å². The van der Waals surface area contributed by atoms with E-state index in [0.29, 0.717) is 18.9 Å². The number of anilines is 2. The van der Waals surface area contributed by atoms with Crippen molar-refractivity contribution in [1.29, 1.82) is 0 Å². The molecule has 7 nitrogen and oxygen atoms in total. The summed E-state index contributed by atoms with van der Waals surface area (Å²) in [5.74, 6) is 0.314. The lowest BCUT2D eigenvalue weighted by Gasteiger charge is -2.08. The van der Waals surface area contributed by atoms with Gasteiger partial charge in [-0.25, -0.2) is 9.37 Å². The van der Waals surface area contributed by atoms with E-state index in [9.17, 15) is 14.5 Å². The molecule has 0 amide bonds. The van der Waals surface area contributed by atoms with E-state index in [2.05, 4.69) is 20.6 Å². The Morgan fingerprint density at radius 2 is 2.04 bits per heavy atom. The molecule has 120 valence electrons. The van der Waals surface area contributed by atoms with Crippen LogP contribution in [0.3, 0.4) is 0 Å². The fourth-order valence-electron chi connectivity index (χ4n) is 2.09. The average molecular weight is 317 g/mol. The van der Waals surface area contributed by atoms with E-state index >= 15 is 0 Å². The van der Waals surface area contributed by atoms with Gasteiger partial charge in [0.05, 0.1) is 4.92 Å². The molecule has 1 heterocycles. The molecule has 23 heavy (non-hydrogen) atoms. The summed E-state index contributed by atoms with van der Waals surface area (Å²) in [4.78, 5) is 18.7. The van der Waals surface area contributed by atoms with Gasteiger partial charge in [0.15, 0.2) is 0 Å². The molecule has 1 aliphatic carbocycles. The topological polar surface area (TPSA) is 93.0 Å². The lowest BCUT2D eigenvalue weighted by Crippen LogP contribution is -2.12. The Bertz CT molecular complexity index is 704. The van der Waals surface area contributed by atoms with Crippen LogP contribution >= 0.6 is 0 Å². The second-order valence-corrected chi connectivity index (χ2v) is 5.41. The summed E-state index contributed by atoms with van der Waals surface area (Å²) >= 11 is 0. The highest BCUT2D eigenvalue weighted by Gasteiger charge is 2.26. The van der Waals surface area contributed by atoms with E-state index in [0.717, 1.165) is 18.4 Å². The Balaban J connectivity index is 1.62. The van der Waals surface area contributed by atoms with Crippen LogP contribution in [0, 0.1) is 15.9 Å². The Hall–Kier alpha value is -2.77. The molecule has 0 unspecified atom stereocenters. The first-order chi connectivity index (χ1) is 11.1. The zero-order valence-corrected chi connectivity index (χ0v) is 12.3. The van der Waals surface area contributed by atoms with Gasteiger partial charge >= 0.3 is 5.69 Å². The third-order valence-corrected chi connectivity index (χ3v) is 3.49. The standard InChI is InChI=1S/C15H16FN5O2/c16-11-3-1-10(2-4-11)7-8-17-15-18-9-13(21(22)23)14(20-15)19-12-5-6-12/h1-4,9,12H,5-8H2,(H2,17,18,19,20). The van der Waals surface area contributed by atoms with Crippen molar-refractivity contribution < 1.29 is 9.31 Å². The summed E-state index contributed by atoms with van der Waals surface area (Å²) in [5, 5.41) is 17.1. The highest BCUT2D eigenvalue weighted by Crippen LogP contribution is 2.29. The van der Waals surface area contributed by atoms with Gasteiger partial charge in [0.25, 0.3) is 0 Å². The molecular formula is C15H16FN5O2. The molecule has 1 saturated carbocycles. The average Bonchev–Trinajstić information content (AvgIpc) is 3.33. The molecule has 0 atom stereocenters. The van der Waals surface area contributed by atoms with Gasteiger partial charge in [-0.15, -0.1) is 0 Å². The molecular weight excluding hydrogens is 301 g/mol. The maximum atomic E-state index is 12.8. The molecule has 1 aliphatic rings. The fourth-order valence-corrected chi connectivity index (χ4v) is 2.09. The molecule has 3 rings (SSSR count). The molecule has 8 heteroatoms. The molecule has 2 aromatic rings. The largest absolute Gasteiger partial charge is 0.361 e. The number of nitrogens with one attached hydrogen (secondary N) is 2. The van der Waals surface area contributed by atoms with E-state index in [-0.39, 0.29) is 23.4 Å². The fraction of sp³-hybridized carbons (Fsp3) is 0.333. The number of nitrogens with zero attached hydrogens (tertiary/aromatic N) is 3. The Morgan fingerprint density at radius 3 is 2.70 bits per heavy atom. The van der Waals surface area contributed by atoms with E-state index in [1.807, 2.05) is 0 Å². The van der Waals surface area contributed by atoms with Crippen LogP contribution in [-0.2, 0) is 6.42 Å². The van der Waals surface area contributed by atoms with E-state index in [1.165, 1.54) is 18.3 Å². The normalized spacial score (nSPS) is 13.6. The van der Waals surface area contributed by atoms with Crippen molar-refractivity contribution in [2.45, 2.75) is 25.3 Å². The number of aromatic nitrogens is 2. The molecule has 1 fully saturated rings. The number of halogens is 1. The van der Waals surface area contributed by atoms with E-state index in [4.69, 9.17) is 0 Å². The molecule has 0 spiro atoms. The maximum Gasteiger partial charge on any atom is 0.329 e. The summed E-state index contributed by atoms with van der Waals surface area (Å²) in [7, 11) is 0. The van der Waals surface area contributed by atoms with Crippen LogP contribution in [-0.4, -0.2) is 27.5 Å². The summed E-state index contributed by atoms with van der Waals surface area (Å²) in [6, 6.07) is 6.52. The first-order valence-electron chi connectivity index (χ1n) is 7.38. The van der Waals surface area contributed by atoms with Gasteiger partial charge in [0.1, 0.15) is 12.0 Å². The lowest BCUT2D eigenvalue weighted by atomic mass is 10.1. The van der Waals surface area contributed by atoms with Gasteiger partial charge in [0.2, 0.25) is 11.8 Å². The molecule has 0 aliphatic heterocycles. The van der Waals surface area contributed by atoms with Crippen molar-refractivity contribution in [3.63, 3.8) is 0 Å². The van der Waals surface area contributed by atoms with Crippen molar-refractivity contribution in [3.8, 4) is 0 Å². The Kier molecular flexibility index (Phi) is 4.31. The molecule has 0 radical (unpaired) electrons. The third-order valence-electron chi connectivity index (χ3n) is 3.49. The minimum Gasteiger partial charge on any atom is -0.361 e. The third kappa shape index (κ3) is 4.12. The van der Waals surface area contributed by atoms with Crippen LogP contribution in [0.4, 0.5) is 21.8 Å². The van der Waals surface area contributed by atoms with Gasteiger partial charge < -0.3 is 10.6 Å². The summed E-state index contributed by atoms with van der Waals surface area (Å²) in [6.45, 7) is 0.548. The number of rotatable bonds is 7. The van der Waals surface area contributed by atoms with Crippen LogP contribution < -0.4 is 10.6 Å². The van der Waals surface area contributed by atoms with Crippen LogP contribution in [0.25, 0.3) is 0 Å². The molecule has 2 N–H and O–H groups in total. The molecule has 1 aromatic heterocycles. The maximum absolute atomic E-state index is 12.8. The number of benzene rings is 1. The number of hydrogen-bond acceptors (Lipinski definition) is 6. The highest BCUT2D eigenvalue weighted by molar-refractivity contribution is 5.58. The van der Waals surface area contributed by atoms with E-state index < -0.39 is 4.92 Å². The van der Waals surface area contributed by atoms with Gasteiger partial charge in [-0.05, 0) is 37.0 Å². The van der Waals surface area contributed by atoms with Gasteiger partial charge in [-0.3, -0.25) is 10.1 Å². The van der Waals surface area contributed by atoms with Crippen molar-refractivity contribution >= 4 is 17.5 Å². The van der Waals surface area contributed by atoms with Crippen LogP contribution in [0.5, 0.6) is 0 Å². The highest BCUT2D eigenvalue weighted by atomic mass is 19.1. The summed E-state index contributed by atoms with van der Waals surface area (Å²) in [6.07, 6.45) is 3.87. The SMILES string of the molecule is O=[N+]([O-])c1cnc(NCCc2ccc(F)cc2)nc1NC1CC1. The predicted molar refractivity (Wildman–Crippen MR) is 83.9 cm³/mol. The Morgan fingerprint density at radius 1 is 1.30 bits per heavy atom. The minimum atomic E-state index is -0.493. The monoisotopic (exact) mass is 317 g/mol. The van der Waals surface area contributed by atoms with Crippen LogP contribution in [0.2, 0.25) is 0 Å². The second kappa shape index (κ2) is 6.55. The van der Waals surface area contributed by atoms with Crippen molar-refractivity contribution in [2.24, 2.45) is 0 Å². The first kappa shape index (κ1) is 15.1. The van der Waals surface area contributed by atoms with Crippen molar-refractivity contribution in [2.75, 3.05) is 17.2 Å². The zero-order valence-electron chi connectivity index (χ0n) is 12.3. The van der Waals surface area contributed by atoms with E-state index in [1.54, 1.807) is 12.1 Å². The van der Waals surface area contributed by atoms with Gasteiger partial charge in [-0.1, -0.05) is 12.1 Å². The van der Waals surface area contributed by atoms with Gasteiger partial charge in [-0.2, -0.15) is 4.98 Å². The number of nitro groups is 1. The van der Waals surface area contributed by atoms with Crippen LogP contribution in [0.15, 0.2) is 30.5 Å². The van der Waals surface area contributed by atoms with Crippen LogP contribution in [0.1, 0.15) is 18.4 Å². The molecule has 0 bridgehead atoms. The predicted octanol–water partition coefficient (Wildman–Crippen LogP) is 2.75.